The number of ether oxygens (including phenoxy) is 1. The molecule has 0 aliphatic rings. The molecule has 0 bridgehead atoms. The van der Waals surface area contributed by atoms with Crippen molar-refractivity contribution in [3.05, 3.63) is 0 Å². The molecule has 0 rings (SSSR count). The Kier molecular flexibility index (Phi) is 7.39. The molecule has 0 radical (unpaired) electrons. The number of aliphatic hydroxyl groups is 2. The summed E-state index contributed by atoms with van der Waals surface area (Å²) in [5.41, 5.74) is 0. The first-order valence-electron chi connectivity index (χ1n) is 4.30. The average Bonchev–Trinajstić information content (AvgIpc) is 2.10. The molecule has 0 aromatic rings. The van der Waals surface area contributed by atoms with Crippen LogP contribution in [0.3, 0.4) is 0 Å². The minimum absolute atomic E-state index is 0.0290. The van der Waals surface area contributed by atoms with E-state index in [0.29, 0.717) is 19.8 Å². The Bertz CT molecular complexity index is 100. The standard InChI is InChI=1S/C8H19NO3/c1-3-12-6-8(11)4-9-7(2)5-10/h7-11H,3-6H2,1-2H3. The molecule has 2 unspecified atom stereocenters. The van der Waals surface area contributed by atoms with E-state index in [1.54, 1.807) is 0 Å². The summed E-state index contributed by atoms with van der Waals surface area (Å²) in [7, 11) is 0. The maximum atomic E-state index is 9.26. The second kappa shape index (κ2) is 7.49. The molecular weight excluding hydrogens is 158 g/mol. The summed E-state index contributed by atoms with van der Waals surface area (Å²) in [4.78, 5) is 0. The van der Waals surface area contributed by atoms with E-state index >= 15 is 0 Å². The third-order valence-corrected chi connectivity index (χ3v) is 1.49. The third-order valence-electron chi connectivity index (χ3n) is 1.49. The predicted molar refractivity (Wildman–Crippen MR) is 47.1 cm³/mol. The van der Waals surface area contributed by atoms with Crippen LogP contribution in [0.4, 0.5) is 0 Å². The van der Waals surface area contributed by atoms with Crippen molar-refractivity contribution in [3.63, 3.8) is 0 Å². The Morgan fingerprint density at radius 2 is 2.17 bits per heavy atom. The summed E-state index contributed by atoms with van der Waals surface area (Å²) >= 11 is 0. The van der Waals surface area contributed by atoms with Crippen molar-refractivity contribution in [1.82, 2.24) is 5.32 Å². The summed E-state index contributed by atoms with van der Waals surface area (Å²) < 4.78 is 5.01. The highest BCUT2D eigenvalue weighted by Gasteiger charge is 2.05. The van der Waals surface area contributed by atoms with Crippen molar-refractivity contribution in [2.75, 3.05) is 26.4 Å². The largest absolute Gasteiger partial charge is 0.395 e. The molecule has 0 heterocycles. The lowest BCUT2D eigenvalue weighted by Gasteiger charge is -2.14. The number of nitrogens with one attached hydrogen (secondary N) is 1. The van der Waals surface area contributed by atoms with E-state index in [2.05, 4.69) is 5.32 Å². The Morgan fingerprint density at radius 1 is 1.50 bits per heavy atom. The van der Waals surface area contributed by atoms with Crippen molar-refractivity contribution in [2.24, 2.45) is 0 Å². The van der Waals surface area contributed by atoms with E-state index in [0.717, 1.165) is 0 Å². The molecule has 0 amide bonds. The maximum Gasteiger partial charge on any atom is 0.0897 e. The predicted octanol–water partition coefficient (Wildman–Crippen LogP) is -0.646. The lowest BCUT2D eigenvalue weighted by Crippen LogP contribution is -2.37. The van der Waals surface area contributed by atoms with Crippen molar-refractivity contribution in [2.45, 2.75) is 26.0 Å². The van der Waals surface area contributed by atoms with E-state index in [1.165, 1.54) is 0 Å². The monoisotopic (exact) mass is 177 g/mol. The van der Waals surface area contributed by atoms with Gasteiger partial charge in [0.15, 0.2) is 0 Å². The van der Waals surface area contributed by atoms with Crippen LogP contribution in [-0.2, 0) is 4.74 Å². The highest BCUT2D eigenvalue weighted by Crippen LogP contribution is 1.85. The van der Waals surface area contributed by atoms with Gasteiger partial charge in [-0.1, -0.05) is 0 Å². The van der Waals surface area contributed by atoms with Crippen LogP contribution in [0, 0.1) is 0 Å². The van der Waals surface area contributed by atoms with Gasteiger partial charge in [-0.05, 0) is 13.8 Å². The highest BCUT2D eigenvalue weighted by atomic mass is 16.5. The molecule has 0 saturated heterocycles. The molecule has 74 valence electrons. The summed E-state index contributed by atoms with van der Waals surface area (Å²) in [6.07, 6.45) is -0.487. The molecular formula is C8H19NO3. The molecule has 0 spiro atoms. The van der Waals surface area contributed by atoms with Crippen LogP contribution in [0.1, 0.15) is 13.8 Å². The van der Waals surface area contributed by atoms with Crippen molar-refractivity contribution >= 4 is 0 Å². The van der Waals surface area contributed by atoms with Gasteiger partial charge in [0.05, 0.1) is 19.3 Å². The summed E-state index contributed by atoms with van der Waals surface area (Å²) in [6, 6.07) is 0.0290. The van der Waals surface area contributed by atoms with E-state index < -0.39 is 6.10 Å². The van der Waals surface area contributed by atoms with Gasteiger partial charge in [-0.15, -0.1) is 0 Å². The first-order chi connectivity index (χ1) is 5.70. The lowest BCUT2D eigenvalue weighted by atomic mass is 10.3. The van der Waals surface area contributed by atoms with E-state index in [4.69, 9.17) is 9.84 Å². The fourth-order valence-electron chi connectivity index (χ4n) is 0.715. The number of hydrogen-bond donors (Lipinski definition) is 3. The highest BCUT2D eigenvalue weighted by molar-refractivity contribution is 4.63. The molecule has 4 nitrogen and oxygen atoms in total. The van der Waals surface area contributed by atoms with Gasteiger partial charge in [0.25, 0.3) is 0 Å². The number of hydrogen-bond acceptors (Lipinski definition) is 4. The Balaban J connectivity index is 3.24. The molecule has 0 aromatic heterocycles. The molecule has 0 aliphatic heterocycles. The van der Waals surface area contributed by atoms with Gasteiger partial charge in [0.1, 0.15) is 0 Å². The average molecular weight is 177 g/mol. The minimum atomic E-state index is -0.487. The molecule has 0 saturated carbocycles. The Hall–Kier alpha value is -0.160. The summed E-state index contributed by atoms with van der Waals surface area (Å²) in [5.74, 6) is 0. The molecule has 0 aliphatic carbocycles. The summed E-state index contributed by atoms with van der Waals surface area (Å²) in [5, 5.41) is 20.9. The molecule has 0 aromatic carbocycles. The second-order valence-corrected chi connectivity index (χ2v) is 2.81. The van der Waals surface area contributed by atoms with Gasteiger partial charge in [-0.2, -0.15) is 0 Å². The van der Waals surface area contributed by atoms with Crippen LogP contribution >= 0.6 is 0 Å². The van der Waals surface area contributed by atoms with Crippen LogP contribution in [0.15, 0.2) is 0 Å². The zero-order valence-corrected chi connectivity index (χ0v) is 7.79. The first kappa shape index (κ1) is 11.8. The molecule has 2 atom stereocenters. The Morgan fingerprint density at radius 3 is 2.67 bits per heavy atom. The van der Waals surface area contributed by atoms with Crippen LogP contribution in [0.2, 0.25) is 0 Å². The topological polar surface area (TPSA) is 61.7 Å². The van der Waals surface area contributed by atoms with Crippen molar-refractivity contribution in [3.8, 4) is 0 Å². The second-order valence-electron chi connectivity index (χ2n) is 2.81. The fraction of sp³-hybridized carbons (Fsp3) is 1.00. The van der Waals surface area contributed by atoms with Crippen molar-refractivity contribution < 1.29 is 14.9 Å². The van der Waals surface area contributed by atoms with E-state index in [1.807, 2.05) is 13.8 Å². The van der Waals surface area contributed by atoms with Gasteiger partial charge >= 0.3 is 0 Å². The van der Waals surface area contributed by atoms with Crippen LogP contribution in [0.25, 0.3) is 0 Å². The minimum Gasteiger partial charge on any atom is -0.395 e. The SMILES string of the molecule is CCOCC(O)CNC(C)CO. The third kappa shape index (κ3) is 6.54. The zero-order valence-electron chi connectivity index (χ0n) is 7.79. The number of rotatable bonds is 7. The Labute approximate surface area is 73.5 Å². The van der Waals surface area contributed by atoms with Gasteiger partial charge in [0, 0.05) is 19.2 Å². The lowest BCUT2D eigenvalue weighted by molar-refractivity contribution is 0.0405. The van der Waals surface area contributed by atoms with Gasteiger partial charge < -0.3 is 20.3 Å². The van der Waals surface area contributed by atoms with Gasteiger partial charge in [-0.3, -0.25) is 0 Å². The van der Waals surface area contributed by atoms with Gasteiger partial charge in [-0.25, -0.2) is 0 Å². The smallest absolute Gasteiger partial charge is 0.0897 e. The normalized spacial score (nSPS) is 16.0. The molecule has 3 N–H and O–H groups in total. The van der Waals surface area contributed by atoms with Crippen LogP contribution < -0.4 is 5.32 Å². The van der Waals surface area contributed by atoms with Crippen molar-refractivity contribution in [1.29, 1.82) is 0 Å². The quantitative estimate of drug-likeness (QED) is 0.484. The van der Waals surface area contributed by atoms with Gasteiger partial charge in [0.2, 0.25) is 0 Å². The number of aliphatic hydroxyl groups excluding tert-OH is 2. The molecule has 0 fully saturated rings. The first-order valence-corrected chi connectivity index (χ1v) is 4.30. The van der Waals surface area contributed by atoms with E-state index in [9.17, 15) is 5.11 Å². The van der Waals surface area contributed by atoms with E-state index in [-0.39, 0.29) is 12.6 Å². The maximum absolute atomic E-state index is 9.26. The summed E-state index contributed by atoms with van der Waals surface area (Å²) in [6.45, 7) is 5.25. The van der Waals surface area contributed by atoms with Crippen LogP contribution in [-0.4, -0.2) is 48.7 Å². The molecule has 12 heavy (non-hydrogen) atoms. The fourth-order valence-corrected chi connectivity index (χ4v) is 0.715. The molecule has 4 heteroatoms. The van der Waals surface area contributed by atoms with Crippen LogP contribution in [0.5, 0.6) is 0 Å². The zero-order chi connectivity index (χ0) is 9.40.